The summed E-state index contributed by atoms with van der Waals surface area (Å²) >= 11 is 0. The molecule has 4 heteroatoms. The van der Waals surface area contributed by atoms with Crippen LogP contribution in [0.25, 0.3) is 0 Å². The van der Waals surface area contributed by atoms with Crippen molar-refractivity contribution in [2.75, 3.05) is 19.7 Å². The molecule has 21 heavy (non-hydrogen) atoms. The molecule has 112 valence electrons. The van der Waals surface area contributed by atoms with Gasteiger partial charge in [0.15, 0.2) is 0 Å². The molecule has 0 spiro atoms. The summed E-state index contributed by atoms with van der Waals surface area (Å²) in [6.07, 6.45) is 2.09. The van der Waals surface area contributed by atoms with Gasteiger partial charge in [0.05, 0.1) is 11.2 Å². The third kappa shape index (κ3) is 4.07. The van der Waals surface area contributed by atoms with Gasteiger partial charge in [0.1, 0.15) is 6.61 Å². The summed E-state index contributed by atoms with van der Waals surface area (Å²) in [5.74, 6) is 5.34. The highest BCUT2D eigenvalue weighted by Gasteiger charge is 2.27. The van der Waals surface area contributed by atoms with Gasteiger partial charge in [-0.1, -0.05) is 24.0 Å². The first kappa shape index (κ1) is 15.6. The molecule has 0 aromatic heterocycles. The first-order valence-corrected chi connectivity index (χ1v) is 7.24. The Kier molecular flexibility index (Phi) is 5.00. The SMILES string of the molecule is CC1(O)CCCN(C(=O)c2ccccc2C#CCO)CC1. The van der Waals surface area contributed by atoms with Crippen LogP contribution in [-0.4, -0.2) is 46.3 Å². The van der Waals surface area contributed by atoms with E-state index in [1.54, 1.807) is 17.0 Å². The molecule has 0 saturated carbocycles. The maximum atomic E-state index is 12.7. The summed E-state index contributed by atoms with van der Waals surface area (Å²) in [5, 5.41) is 18.9. The second-order valence-corrected chi connectivity index (χ2v) is 5.65. The molecule has 1 aliphatic rings. The normalized spacial score (nSPS) is 22.1. The van der Waals surface area contributed by atoms with E-state index in [1.807, 2.05) is 19.1 Å². The smallest absolute Gasteiger partial charge is 0.255 e. The summed E-state index contributed by atoms with van der Waals surface area (Å²) in [6.45, 7) is 2.79. The number of hydrogen-bond acceptors (Lipinski definition) is 3. The molecule has 1 fully saturated rings. The molecule has 1 unspecified atom stereocenters. The van der Waals surface area contributed by atoms with Crippen LogP contribution in [0.15, 0.2) is 24.3 Å². The maximum absolute atomic E-state index is 12.7. The van der Waals surface area contributed by atoms with E-state index >= 15 is 0 Å². The van der Waals surface area contributed by atoms with Crippen LogP contribution in [0.2, 0.25) is 0 Å². The molecule has 0 radical (unpaired) electrons. The van der Waals surface area contributed by atoms with E-state index < -0.39 is 5.60 Å². The maximum Gasteiger partial charge on any atom is 0.255 e. The van der Waals surface area contributed by atoms with Crippen LogP contribution in [-0.2, 0) is 0 Å². The van der Waals surface area contributed by atoms with Crippen LogP contribution < -0.4 is 0 Å². The van der Waals surface area contributed by atoms with E-state index in [-0.39, 0.29) is 12.5 Å². The van der Waals surface area contributed by atoms with Crippen LogP contribution >= 0.6 is 0 Å². The van der Waals surface area contributed by atoms with Gasteiger partial charge in [-0.2, -0.15) is 0 Å². The zero-order chi connectivity index (χ0) is 15.3. The Hall–Kier alpha value is -1.83. The van der Waals surface area contributed by atoms with Gasteiger partial charge in [-0.15, -0.1) is 0 Å². The van der Waals surface area contributed by atoms with Gasteiger partial charge in [-0.25, -0.2) is 0 Å². The lowest BCUT2D eigenvalue weighted by Gasteiger charge is -2.23. The Balaban J connectivity index is 2.20. The number of hydrogen-bond donors (Lipinski definition) is 2. The van der Waals surface area contributed by atoms with Crippen LogP contribution in [0.5, 0.6) is 0 Å². The highest BCUT2D eigenvalue weighted by atomic mass is 16.3. The van der Waals surface area contributed by atoms with Gasteiger partial charge in [0, 0.05) is 18.7 Å². The molecule has 2 rings (SSSR count). The van der Waals surface area contributed by atoms with E-state index in [2.05, 4.69) is 11.8 Å². The van der Waals surface area contributed by atoms with Gasteiger partial charge in [-0.3, -0.25) is 4.79 Å². The lowest BCUT2D eigenvalue weighted by atomic mass is 9.98. The molecule has 1 aliphatic heterocycles. The fraction of sp³-hybridized carbons (Fsp3) is 0.471. The zero-order valence-corrected chi connectivity index (χ0v) is 12.3. The van der Waals surface area contributed by atoms with Crippen LogP contribution in [0, 0.1) is 11.8 Å². The van der Waals surface area contributed by atoms with Crippen molar-refractivity contribution >= 4 is 5.91 Å². The number of carbonyl (C=O) groups excluding carboxylic acids is 1. The summed E-state index contributed by atoms with van der Waals surface area (Å²) in [7, 11) is 0. The minimum absolute atomic E-state index is 0.0597. The second kappa shape index (κ2) is 6.75. The number of rotatable bonds is 1. The second-order valence-electron chi connectivity index (χ2n) is 5.65. The van der Waals surface area contributed by atoms with Crippen LogP contribution in [0.3, 0.4) is 0 Å². The first-order chi connectivity index (χ1) is 10.0. The minimum Gasteiger partial charge on any atom is -0.390 e. The Morgan fingerprint density at radius 3 is 2.86 bits per heavy atom. The van der Waals surface area contributed by atoms with Crippen LogP contribution in [0.4, 0.5) is 0 Å². The molecule has 1 amide bonds. The van der Waals surface area contributed by atoms with Crippen molar-refractivity contribution in [1.82, 2.24) is 4.90 Å². The van der Waals surface area contributed by atoms with Gasteiger partial charge >= 0.3 is 0 Å². The quantitative estimate of drug-likeness (QED) is 0.768. The third-order valence-electron chi connectivity index (χ3n) is 3.81. The molecular weight excluding hydrogens is 266 g/mol. The number of benzene rings is 1. The molecule has 1 atom stereocenters. The van der Waals surface area contributed by atoms with Crippen molar-refractivity contribution in [3.05, 3.63) is 35.4 Å². The van der Waals surface area contributed by atoms with Crippen molar-refractivity contribution < 1.29 is 15.0 Å². The molecule has 2 N–H and O–H groups in total. The number of nitrogens with zero attached hydrogens (tertiary/aromatic N) is 1. The highest BCUT2D eigenvalue weighted by Crippen LogP contribution is 2.23. The van der Waals surface area contributed by atoms with Gasteiger partial charge in [-0.05, 0) is 38.3 Å². The molecular formula is C17H21NO3. The number of aliphatic hydroxyl groups excluding tert-OH is 1. The number of likely N-dealkylation sites (tertiary alicyclic amines) is 1. The summed E-state index contributed by atoms with van der Waals surface area (Å²) in [5.41, 5.74) is 0.498. The van der Waals surface area contributed by atoms with Crippen molar-refractivity contribution in [2.24, 2.45) is 0 Å². The monoisotopic (exact) mass is 287 g/mol. The zero-order valence-electron chi connectivity index (χ0n) is 12.3. The summed E-state index contributed by atoms with van der Waals surface area (Å²) in [4.78, 5) is 14.4. The van der Waals surface area contributed by atoms with Crippen LogP contribution in [0.1, 0.15) is 42.1 Å². The minimum atomic E-state index is -0.689. The number of amides is 1. The predicted molar refractivity (Wildman–Crippen MR) is 80.8 cm³/mol. The number of aliphatic hydroxyl groups is 2. The Labute approximate surface area is 125 Å². The molecule has 1 saturated heterocycles. The van der Waals surface area contributed by atoms with E-state index in [1.165, 1.54) is 0 Å². The Morgan fingerprint density at radius 1 is 1.33 bits per heavy atom. The molecule has 1 heterocycles. The Bertz CT molecular complexity index is 569. The molecule has 4 nitrogen and oxygen atoms in total. The first-order valence-electron chi connectivity index (χ1n) is 7.24. The average molecular weight is 287 g/mol. The van der Waals surface area contributed by atoms with Crippen molar-refractivity contribution in [3.8, 4) is 11.8 Å². The van der Waals surface area contributed by atoms with Crippen molar-refractivity contribution in [2.45, 2.75) is 31.8 Å². The lowest BCUT2D eigenvalue weighted by Crippen LogP contribution is -2.33. The van der Waals surface area contributed by atoms with Crippen molar-refractivity contribution in [1.29, 1.82) is 0 Å². The fourth-order valence-corrected chi connectivity index (χ4v) is 2.55. The van der Waals surface area contributed by atoms with E-state index in [4.69, 9.17) is 5.11 Å². The molecule has 0 aliphatic carbocycles. The standard InChI is InChI=1S/C17H21NO3/c1-17(21)9-5-11-18(12-10-17)16(20)15-8-3-2-6-14(15)7-4-13-19/h2-3,6,8,19,21H,5,9-13H2,1H3. The lowest BCUT2D eigenvalue weighted by molar-refractivity contribution is 0.0438. The molecule has 1 aromatic rings. The molecule has 1 aromatic carbocycles. The average Bonchev–Trinajstić information content (AvgIpc) is 2.65. The summed E-state index contributed by atoms with van der Waals surface area (Å²) < 4.78 is 0. The largest absolute Gasteiger partial charge is 0.390 e. The van der Waals surface area contributed by atoms with Crippen molar-refractivity contribution in [3.63, 3.8) is 0 Å². The third-order valence-corrected chi connectivity index (χ3v) is 3.81. The van der Waals surface area contributed by atoms with E-state index in [0.29, 0.717) is 37.1 Å². The Morgan fingerprint density at radius 2 is 2.10 bits per heavy atom. The van der Waals surface area contributed by atoms with Gasteiger partial charge in [0.2, 0.25) is 0 Å². The van der Waals surface area contributed by atoms with E-state index in [0.717, 1.165) is 6.42 Å². The number of carbonyl (C=O) groups is 1. The summed E-state index contributed by atoms with van der Waals surface area (Å²) in [6, 6.07) is 7.17. The van der Waals surface area contributed by atoms with E-state index in [9.17, 15) is 9.90 Å². The predicted octanol–water partition coefficient (Wildman–Crippen LogP) is 1.41. The topological polar surface area (TPSA) is 60.8 Å². The van der Waals surface area contributed by atoms with Gasteiger partial charge < -0.3 is 15.1 Å². The highest BCUT2D eigenvalue weighted by molar-refractivity contribution is 5.96. The molecule has 0 bridgehead atoms. The fourth-order valence-electron chi connectivity index (χ4n) is 2.55. The van der Waals surface area contributed by atoms with Gasteiger partial charge in [0.25, 0.3) is 5.91 Å².